The van der Waals surface area contributed by atoms with E-state index in [2.05, 4.69) is 5.32 Å². The van der Waals surface area contributed by atoms with Crippen molar-refractivity contribution in [1.29, 1.82) is 0 Å². The largest absolute Gasteiger partial charge is 0.465 e. The Bertz CT molecular complexity index is 603. The van der Waals surface area contributed by atoms with Crippen LogP contribution in [0, 0.1) is 5.41 Å². The van der Waals surface area contributed by atoms with E-state index in [1.165, 1.54) is 0 Å². The van der Waals surface area contributed by atoms with Crippen molar-refractivity contribution in [1.82, 2.24) is 0 Å². The van der Waals surface area contributed by atoms with Gasteiger partial charge >= 0.3 is 5.97 Å². The van der Waals surface area contributed by atoms with Crippen LogP contribution in [0.2, 0.25) is 0 Å². The van der Waals surface area contributed by atoms with Gasteiger partial charge in [0, 0.05) is 6.54 Å². The van der Waals surface area contributed by atoms with Crippen molar-refractivity contribution in [3.8, 4) is 0 Å². The Balaban J connectivity index is 2.01. The lowest BCUT2D eigenvalue weighted by Crippen LogP contribution is -2.54. The molecule has 0 bridgehead atoms. The first-order valence-electron chi connectivity index (χ1n) is 7.99. The summed E-state index contributed by atoms with van der Waals surface area (Å²) >= 11 is 0. The van der Waals surface area contributed by atoms with E-state index in [9.17, 15) is 9.59 Å². The molecule has 5 heteroatoms. The first-order chi connectivity index (χ1) is 10.6. The van der Waals surface area contributed by atoms with Gasteiger partial charge in [0.1, 0.15) is 5.54 Å². The number of esters is 1. The van der Waals surface area contributed by atoms with Crippen LogP contribution in [0.4, 0.5) is 11.4 Å². The Morgan fingerprint density at radius 1 is 1.26 bits per heavy atom. The molecule has 0 unspecified atom stereocenters. The number of carbonyl (C=O) groups excluding carboxylic acids is 2. The van der Waals surface area contributed by atoms with E-state index in [0.717, 1.165) is 11.4 Å². The van der Waals surface area contributed by atoms with Gasteiger partial charge in [-0.3, -0.25) is 9.59 Å². The lowest BCUT2D eigenvalue weighted by atomic mass is 9.97. The molecule has 0 fully saturated rings. The molecular weight excluding hydrogens is 292 g/mol. The predicted octanol–water partition coefficient (Wildman–Crippen LogP) is 3.20. The van der Waals surface area contributed by atoms with Gasteiger partial charge in [0.15, 0.2) is 0 Å². The highest BCUT2D eigenvalue weighted by molar-refractivity contribution is 6.07. The zero-order valence-corrected chi connectivity index (χ0v) is 14.6. The molecule has 1 N–H and O–H groups in total. The number of hydrogen-bond donors (Lipinski definition) is 1. The van der Waals surface area contributed by atoms with Gasteiger partial charge in [0.05, 0.1) is 23.4 Å². The minimum Gasteiger partial charge on any atom is -0.465 e. The summed E-state index contributed by atoms with van der Waals surface area (Å²) in [5.74, 6) is -0.191. The number of ether oxygens (including phenoxy) is 1. The summed E-state index contributed by atoms with van der Waals surface area (Å²) in [5.41, 5.74) is 0.679. The Morgan fingerprint density at radius 3 is 2.57 bits per heavy atom. The summed E-state index contributed by atoms with van der Waals surface area (Å²) < 4.78 is 5.28. The topological polar surface area (TPSA) is 58.6 Å². The summed E-state index contributed by atoms with van der Waals surface area (Å²) in [4.78, 5) is 26.2. The Hall–Kier alpha value is -2.04. The van der Waals surface area contributed by atoms with Crippen LogP contribution in [-0.4, -0.2) is 30.6 Å². The molecule has 1 aliphatic rings. The van der Waals surface area contributed by atoms with Crippen LogP contribution in [0.5, 0.6) is 0 Å². The van der Waals surface area contributed by atoms with E-state index in [-0.39, 0.29) is 11.9 Å². The van der Waals surface area contributed by atoms with Crippen LogP contribution in [0.25, 0.3) is 0 Å². The second-order valence-electron chi connectivity index (χ2n) is 7.46. The van der Waals surface area contributed by atoms with Crippen LogP contribution in [0.1, 0.15) is 41.0 Å². The predicted molar refractivity (Wildman–Crippen MR) is 91.5 cm³/mol. The van der Waals surface area contributed by atoms with E-state index < -0.39 is 11.0 Å². The first-order valence-corrected chi connectivity index (χ1v) is 7.99. The summed E-state index contributed by atoms with van der Waals surface area (Å²) in [7, 11) is 0. The Kier molecular flexibility index (Phi) is 4.68. The number of fused-ring (bicyclic) bond motifs is 1. The van der Waals surface area contributed by atoms with Crippen molar-refractivity contribution in [2.75, 3.05) is 23.4 Å². The highest BCUT2D eigenvalue weighted by Gasteiger charge is 2.38. The van der Waals surface area contributed by atoms with E-state index >= 15 is 0 Å². The van der Waals surface area contributed by atoms with Crippen LogP contribution in [-0.2, 0) is 14.3 Å². The number of nitrogens with zero attached hydrogens (tertiary/aromatic N) is 1. The number of rotatable bonds is 4. The average Bonchev–Trinajstić information content (AvgIpc) is 2.45. The van der Waals surface area contributed by atoms with E-state index in [4.69, 9.17) is 4.74 Å². The number of hydrogen-bond acceptors (Lipinski definition) is 4. The third-order valence-corrected chi connectivity index (χ3v) is 3.79. The molecule has 0 saturated heterocycles. The fourth-order valence-electron chi connectivity index (χ4n) is 2.48. The van der Waals surface area contributed by atoms with Gasteiger partial charge in [-0.25, -0.2) is 0 Å². The molecule has 0 spiro atoms. The van der Waals surface area contributed by atoms with Crippen molar-refractivity contribution < 1.29 is 14.3 Å². The molecule has 1 aromatic rings. The standard InChI is InChI=1S/C18H26N2O3/c1-17(2,3)16(22)23-12-8-11-20-14-10-7-6-9-13(14)19-18(4,5)15(20)21/h6-7,9-10,19H,8,11-12H2,1-5H3. The lowest BCUT2D eigenvalue weighted by molar-refractivity contribution is -0.152. The highest BCUT2D eigenvalue weighted by atomic mass is 16.5. The van der Waals surface area contributed by atoms with Gasteiger partial charge in [0.2, 0.25) is 0 Å². The van der Waals surface area contributed by atoms with Crippen molar-refractivity contribution in [2.24, 2.45) is 5.41 Å². The monoisotopic (exact) mass is 318 g/mol. The minimum absolute atomic E-state index is 0.0262. The molecule has 1 aromatic carbocycles. The second kappa shape index (κ2) is 6.22. The molecule has 126 valence electrons. The average molecular weight is 318 g/mol. The van der Waals surface area contributed by atoms with Crippen LogP contribution < -0.4 is 10.2 Å². The molecular formula is C18H26N2O3. The van der Waals surface area contributed by atoms with Crippen molar-refractivity contribution in [3.63, 3.8) is 0 Å². The van der Waals surface area contributed by atoms with Gasteiger partial charge in [-0.05, 0) is 53.2 Å². The van der Waals surface area contributed by atoms with Gasteiger partial charge in [0.25, 0.3) is 5.91 Å². The number of para-hydroxylation sites is 2. The molecule has 5 nitrogen and oxygen atoms in total. The number of nitrogens with one attached hydrogen (secondary N) is 1. The van der Waals surface area contributed by atoms with Crippen LogP contribution >= 0.6 is 0 Å². The van der Waals surface area contributed by atoms with E-state index in [1.807, 2.05) is 58.9 Å². The molecule has 23 heavy (non-hydrogen) atoms. The molecule has 0 atom stereocenters. The van der Waals surface area contributed by atoms with Crippen LogP contribution in [0.15, 0.2) is 24.3 Å². The molecule has 2 rings (SSSR count). The van der Waals surface area contributed by atoms with E-state index in [0.29, 0.717) is 19.6 Å². The molecule has 1 aliphatic heterocycles. The summed E-state index contributed by atoms with van der Waals surface area (Å²) in [6.45, 7) is 10.1. The molecule has 1 heterocycles. The second-order valence-corrected chi connectivity index (χ2v) is 7.46. The number of amides is 1. The number of benzene rings is 1. The van der Waals surface area contributed by atoms with Crippen molar-refractivity contribution in [2.45, 2.75) is 46.6 Å². The quantitative estimate of drug-likeness (QED) is 0.684. The maximum atomic E-state index is 12.7. The molecule has 0 aliphatic carbocycles. The van der Waals surface area contributed by atoms with Gasteiger partial charge in [-0.2, -0.15) is 0 Å². The SMILES string of the molecule is CC(C)(C)C(=O)OCCCN1C(=O)C(C)(C)Nc2ccccc21. The van der Waals surface area contributed by atoms with Gasteiger partial charge in [-0.15, -0.1) is 0 Å². The normalized spacial score (nSPS) is 16.6. The fraction of sp³-hybridized carbons (Fsp3) is 0.556. The zero-order chi connectivity index (χ0) is 17.3. The zero-order valence-electron chi connectivity index (χ0n) is 14.6. The maximum absolute atomic E-state index is 12.7. The third-order valence-electron chi connectivity index (χ3n) is 3.79. The maximum Gasteiger partial charge on any atom is 0.311 e. The van der Waals surface area contributed by atoms with Crippen molar-refractivity contribution >= 4 is 23.3 Å². The fourth-order valence-corrected chi connectivity index (χ4v) is 2.48. The third kappa shape index (κ3) is 3.84. The molecule has 0 radical (unpaired) electrons. The van der Waals surface area contributed by atoms with E-state index in [1.54, 1.807) is 4.90 Å². The van der Waals surface area contributed by atoms with Crippen molar-refractivity contribution in [3.05, 3.63) is 24.3 Å². The smallest absolute Gasteiger partial charge is 0.311 e. The summed E-state index contributed by atoms with van der Waals surface area (Å²) in [6.07, 6.45) is 0.609. The Morgan fingerprint density at radius 2 is 1.91 bits per heavy atom. The first kappa shape index (κ1) is 17.3. The molecule has 0 aromatic heterocycles. The minimum atomic E-state index is -0.642. The number of anilines is 2. The summed E-state index contributed by atoms with van der Waals surface area (Å²) in [5, 5.41) is 3.27. The Labute approximate surface area is 138 Å². The molecule has 0 saturated carbocycles. The lowest BCUT2D eigenvalue weighted by Gasteiger charge is -2.40. The van der Waals surface area contributed by atoms with Crippen LogP contribution in [0.3, 0.4) is 0 Å². The summed E-state index contributed by atoms with van der Waals surface area (Å²) in [6, 6.07) is 7.76. The molecule has 1 amide bonds. The van der Waals surface area contributed by atoms with Gasteiger partial charge < -0.3 is 15.0 Å². The number of carbonyl (C=O) groups is 2. The van der Waals surface area contributed by atoms with Gasteiger partial charge in [-0.1, -0.05) is 12.1 Å². The highest BCUT2D eigenvalue weighted by Crippen LogP contribution is 2.34.